The number of carbonyl (C=O) groups excluding carboxylic acids is 1. The number of hydrogen-bond acceptors (Lipinski definition) is 6. The van der Waals surface area contributed by atoms with Crippen LogP contribution in [0.3, 0.4) is 0 Å². The van der Waals surface area contributed by atoms with Crippen LogP contribution in [0, 0.1) is 22.7 Å². The predicted molar refractivity (Wildman–Crippen MR) is 75.3 cm³/mol. The number of carboxylic acid groups (broad SMARTS) is 1. The zero-order valence-electron chi connectivity index (χ0n) is 11.5. The second-order valence-corrected chi connectivity index (χ2v) is 4.11. The molecule has 1 heterocycles. The van der Waals surface area contributed by atoms with Crippen LogP contribution in [0.25, 0.3) is 6.20 Å². The van der Waals surface area contributed by atoms with Crippen LogP contribution in [0.15, 0.2) is 36.0 Å². The third kappa shape index (κ3) is 3.56. The van der Waals surface area contributed by atoms with Gasteiger partial charge in [-0.15, -0.1) is 10.2 Å². The number of nitriles is 2. The summed E-state index contributed by atoms with van der Waals surface area (Å²) in [5.74, 6) is -2.06. The zero-order valence-corrected chi connectivity index (χ0v) is 11.5. The number of rotatable bonds is 4. The van der Waals surface area contributed by atoms with Gasteiger partial charge in [-0.05, 0) is 12.1 Å². The normalized spacial score (nSPS) is 10.4. The van der Waals surface area contributed by atoms with Crippen molar-refractivity contribution in [2.24, 2.45) is 0 Å². The average Bonchev–Trinajstić information content (AvgIpc) is 2.97. The van der Waals surface area contributed by atoms with E-state index in [1.54, 1.807) is 30.3 Å². The molecule has 0 unspecified atom stereocenters. The molecule has 2 aromatic rings. The first-order valence-electron chi connectivity index (χ1n) is 6.13. The van der Waals surface area contributed by atoms with E-state index < -0.39 is 17.6 Å². The highest BCUT2D eigenvalue weighted by molar-refractivity contribution is 6.01. The Hall–Kier alpha value is -3.98. The number of aromatic nitrogens is 3. The van der Waals surface area contributed by atoms with Crippen molar-refractivity contribution < 1.29 is 14.7 Å². The van der Waals surface area contributed by atoms with E-state index in [0.717, 1.165) is 11.0 Å². The summed E-state index contributed by atoms with van der Waals surface area (Å²) in [7, 11) is 0. The summed E-state index contributed by atoms with van der Waals surface area (Å²) in [6, 6.07) is 11.3. The van der Waals surface area contributed by atoms with Crippen LogP contribution in [0.4, 0.5) is 0 Å². The molecule has 1 amide bonds. The minimum atomic E-state index is -1.43. The summed E-state index contributed by atoms with van der Waals surface area (Å²) in [4.78, 5) is 23.9. The van der Waals surface area contributed by atoms with Crippen LogP contribution in [-0.2, 0) is 4.79 Å². The van der Waals surface area contributed by atoms with Crippen LogP contribution in [0.2, 0.25) is 0 Å². The highest BCUT2D eigenvalue weighted by Gasteiger charge is 2.15. The molecule has 9 heteroatoms. The highest BCUT2D eigenvalue weighted by atomic mass is 16.4. The molecule has 2 N–H and O–H groups in total. The Morgan fingerprint density at radius 2 is 1.70 bits per heavy atom. The van der Waals surface area contributed by atoms with Crippen molar-refractivity contribution in [1.29, 1.82) is 10.5 Å². The Morgan fingerprint density at radius 1 is 1.13 bits per heavy atom. The van der Waals surface area contributed by atoms with Gasteiger partial charge in [0.1, 0.15) is 17.8 Å². The van der Waals surface area contributed by atoms with Gasteiger partial charge in [0.25, 0.3) is 5.91 Å². The molecule has 23 heavy (non-hydrogen) atoms. The molecule has 9 nitrogen and oxygen atoms in total. The van der Waals surface area contributed by atoms with Gasteiger partial charge in [0.05, 0.1) is 6.20 Å². The van der Waals surface area contributed by atoms with Crippen LogP contribution in [0.1, 0.15) is 21.7 Å². The van der Waals surface area contributed by atoms with E-state index in [4.69, 9.17) is 15.6 Å². The van der Waals surface area contributed by atoms with Gasteiger partial charge < -0.3 is 10.4 Å². The Kier molecular flexibility index (Phi) is 4.45. The maximum absolute atomic E-state index is 12.0. The van der Waals surface area contributed by atoms with Gasteiger partial charge in [0, 0.05) is 5.56 Å². The van der Waals surface area contributed by atoms with Crippen molar-refractivity contribution in [3.63, 3.8) is 0 Å². The second kappa shape index (κ2) is 6.65. The van der Waals surface area contributed by atoms with E-state index in [9.17, 15) is 9.59 Å². The number of aliphatic carboxylic acids is 1. The fraction of sp³-hybridized carbons (Fsp3) is 0. The number of hydrogen-bond donors (Lipinski definition) is 2. The molecule has 1 aromatic carbocycles. The van der Waals surface area contributed by atoms with Gasteiger partial charge in [0.2, 0.25) is 11.4 Å². The Bertz CT molecular complexity index is 839. The molecule has 0 fully saturated rings. The largest absolute Gasteiger partial charge is 0.477 e. The lowest BCUT2D eigenvalue weighted by Crippen LogP contribution is -2.27. The smallest absolute Gasteiger partial charge is 0.354 e. The number of amides is 1. The van der Waals surface area contributed by atoms with Gasteiger partial charge in [-0.25, -0.2) is 4.79 Å². The van der Waals surface area contributed by atoms with Crippen molar-refractivity contribution in [2.75, 3.05) is 0 Å². The van der Waals surface area contributed by atoms with Gasteiger partial charge in [-0.3, -0.25) is 4.79 Å². The topological polar surface area (TPSA) is 145 Å². The lowest BCUT2D eigenvalue weighted by atomic mass is 10.2. The Labute approximate surface area is 129 Å². The van der Waals surface area contributed by atoms with Crippen LogP contribution in [-0.4, -0.2) is 32.0 Å². The lowest BCUT2D eigenvalue weighted by Gasteiger charge is -2.05. The van der Waals surface area contributed by atoms with Crippen LogP contribution in [0.5, 0.6) is 0 Å². The molecule has 0 aliphatic carbocycles. The van der Waals surface area contributed by atoms with E-state index in [1.807, 2.05) is 0 Å². The summed E-state index contributed by atoms with van der Waals surface area (Å²) < 4.78 is 0. The highest BCUT2D eigenvalue weighted by Crippen LogP contribution is 2.03. The summed E-state index contributed by atoms with van der Waals surface area (Å²) in [5, 5.41) is 36.2. The molecule has 112 valence electrons. The summed E-state index contributed by atoms with van der Waals surface area (Å²) in [5.41, 5.74) is -0.739. The average molecular weight is 308 g/mol. The fourth-order valence-corrected chi connectivity index (χ4v) is 1.57. The third-order valence-electron chi connectivity index (χ3n) is 2.60. The first-order valence-corrected chi connectivity index (χ1v) is 6.13. The molecule has 0 saturated carbocycles. The van der Waals surface area contributed by atoms with E-state index in [2.05, 4.69) is 15.5 Å². The number of benzene rings is 1. The minimum absolute atomic E-state index is 0.247. The SMILES string of the molecule is N#Cc1nn(/C=C(\NC(=O)c2ccccc2)C(=O)O)nc1C#N. The van der Waals surface area contributed by atoms with E-state index in [0.29, 0.717) is 0 Å². The molecule has 0 atom stereocenters. The van der Waals surface area contributed by atoms with E-state index in [-0.39, 0.29) is 17.0 Å². The minimum Gasteiger partial charge on any atom is -0.477 e. The molecule has 0 aliphatic rings. The quantitative estimate of drug-likeness (QED) is 0.774. The second-order valence-electron chi connectivity index (χ2n) is 4.11. The Balaban J connectivity index is 2.31. The third-order valence-corrected chi connectivity index (χ3v) is 2.60. The molecule has 1 aromatic heterocycles. The number of nitrogens with one attached hydrogen (secondary N) is 1. The Morgan fingerprint density at radius 3 is 2.17 bits per heavy atom. The van der Waals surface area contributed by atoms with E-state index in [1.165, 1.54) is 12.1 Å². The fourth-order valence-electron chi connectivity index (χ4n) is 1.57. The van der Waals surface area contributed by atoms with E-state index >= 15 is 0 Å². The predicted octanol–water partition coefficient (Wildman–Crippen LogP) is 0.334. The molecular formula is C14H8N6O3. The molecule has 0 saturated heterocycles. The molecule has 0 aliphatic heterocycles. The standard InChI is InChI=1S/C14H8N6O3/c15-6-10-11(7-16)19-20(18-10)8-12(14(22)23)17-13(21)9-4-2-1-3-5-9/h1-5,8H,(H,17,21)(H,22,23)/b12-8-. The van der Waals surface area contributed by atoms with Crippen molar-refractivity contribution in [3.05, 3.63) is 53.0 Å². The maximum atomic E-state index is 12.0. The molecule has 0 radical (unpaired) electrons. The number of carboxylic acids is 1. The summed E-state index contributed by atoms with van der Waals surface area (Å²) in [6.07, 6.45) is 0.894. The molecule has 2 rings (SSSR count). The molecular weight excluding hydrogens is 300 g/mol. The summed E-state index contributed by atoms with van der Waals surface area (Å²) >= 11 is 0. The van der Waals surface area contributed by atoms with Crippen molar-refractivity contribution in [2.45, 2.75) is 0 Å². The lowest BCUT2D eigenvalue weighted by molar-refractivity contribution is -0.132. The number of nitrogens with zero attached hydrogens (tertiary/aromatic N) is 5. The number of carbonyl (C=O) groups is 2. The van der Waals surface area contributed by atoms with Gasteiger partial charge in [-0.1, -0.05) is 18.2 Å². The zero-order chi connectivity index (χ0) is 16.8. The van der Waals surface area contributed by atoms with Crippen molar-refractivity contribution >= 4 is 18.1 Å². The van der Waals surface area contributed by atoms with Crippen LogP contribution < -0.4 is 5.32 Å². The van der Waals surface area contributed by atoms with Crippen molar-refractivity contribution in [3.8, 4) is 12.1 Å². The maximum Gasteiger partial charge on any atom is 0.354 e. The van der Waals surface area contributed by atoms with Crippen molar-refractivity contribution in [1.82, 2.24) is 20.3 Å². The monoisotopic (exact) mass is 308 g/mol. The van der Waals surface area contributed by atoms with Gasteiger partial charge >= 0.3 is 5.97 Å². The van der Waals surface area contributed by atoms with Crippen LogP contribution >= 0.6 is 0 Å². The molecule has 0 spiro atoms. The first kappa shape index (κ1) is 15.4. The first-order chi connectivity index (χ1) is 11.0. The van der Waals surface area contributed by atoms with Gasteiger partial charge in [0.15, 0.2) is 0 Å². The summed E-state index contributed by atoms with van der Waals surface area (Å²) in [6.45, 7) is 0. The van der Waals surface area contributed by atoms with Gasteiger partial charge in [-0.2, -0.15) is 15.3 Å². The molecule has 0 bridgehead atoms.